The normalized spacial score (nSPS) is 23.1. The number of aromatic amines is 1. The van der Waals surface area contributed by atoms with Crippen LogP contribution in [0.4, 0.5) is 5.69 Å². The summed E-state index contributed by atoms with van der Waals surface area (Å²) in [6.07, 6.45) is 0.343. The number of benzene rings is 2. The van der Waals surface area contributed by atoms with Crippen LogP contribution in [0.25, 0.3) is 10.9 Å². The van der Waals surface area contributed by atoms with Crippen LogP contribution in [0.3, 0.4) is 0 Å². The van der Waals surface area contributed by atoms with Crippen molar-refractivity contribution in [1.82, 2.24) is 26.3 Å². The van der Waals surface area contributed by atoms with E-state index in [0.717, 1.165) is 33.4 Å². The number of hydrogen-bond acceptors (Lipinski definition) is 7. The van der Waals surface area contributed by atoms with E-state index >= 15 is 0 Å². The highest BCUT2D eigenvalue weighted by Gasteiger charge is 2.40. The molecular formula is C29H32N6O6. The highest BCUT2D eigenvalue weighted by molar-refractivity contribution is 5.93. The van der Waals surface area contributed by atoms with Crippen LogP contribution >= 0.6 is 0 Å². The summed E-state index contributed by atoms with van der Waals surface area (Å²) in [5.74, 6) is -3.01. The highest BCUT2D eigenvalue weighted by Crippen LogP contribution is 2.48. The van der Waals surface area contributed by atoms with E-state index in [-0.39, 0.29) is 24.8 Å². The molecule has 0 saturated carbocycles. The molecule has 2 aromatic carbocycles. The molecule has 3 heterocycles. The van der Waals surface area contributed by atoms with E-state index in [2.05, 4.69) is 31.6 Å². The Bertz CT molecular complexity index is 1520. The van der Waals surface area contributed by atoms with Gasteiger partial charge in [-0.1, -0.05) is 36.4 Å². The second kappa shape index (κ2) is 11.7. The van der Waals surface area contributed by atoms with Crippen LogP contribution < -0.4 is 26.6 Å². The molecule has 12 nitrogen and oxygen atoms in total. The Morgan fingerprint density at radius 2 is 1.66 bits per heavy atom. The minimum Gasteiger partial charge on any atom is -0.467 e. The minimum absolute atomic E-state index is 0.144. The summed E-state index contributed by atoms with van der Waals surface area (Å²) >= 11 is 0. The maximum atomic E-state index is 13.2. The van der Waals surface area contributed by atoms with Crippen molar-refractivity contribution in [2.24, 2.45) is 0 Å². The fourth-order valence-corrected chi connectivity index (χ4v) is 5.69. The zero-order valence-electron chi connectivity index (χ0n) is 22.7. The molecule has 12 heteroatoms. The summed E-state index contributed by atoms with van der Waals surface area (Å²) < 4.78 is 5.02. The fourth-order valence-electron chi connectivity index (χ4n) is 5.69. The lowest BCUT2D eigenvalue weighted by molar-refractivity contribution is -0.145. The standard InChI is InChI=1S/C29H32N6O6/c1-15(36)32-22-11-18-16-7-3-5-9-20(16)34-26(18)27-19(17-8-4-6-10-21(17)35-27)12-23(29(40)41-2)33-25(38)14-30-24(37)13-31-28(22)39/h3-10,19,22-23,27,34-35H,11-14H2,1-2H3,(H,30,37)(H,31,39)(H,32,36)(H,33,38)/t19?,22-,23-,27?/m0/s1. The average Bonchev–Trinajstić information content (AvgIpc) is 3.51. The summed E-state index contributed by atoms with van der Waals surface area (Å²) in [5.41, 5.74) is 4.26. The zero-order valence-corrected chi connectivity index (χ0v) is 22.7. The molecule has 0 aliphatic carbocycles. The molecule has 1 aromatic heterocycles. The number of rotatable bonds is 2. The molecule has 2 aliphatic rings. The third-order valence-electron chi connectivity index (χ3n) is 7.51. The maximum absolute atomic E-state index is 13.2. The molecule has 0 radical (unpaired) electrons. The Morgan fingerprint density at radius 1 is 0.927 bits per heavy atom. The van der Waals surface area contributed by atoms with Crippen molar-refractivity contribution < 1.29 is 28.7 Å². The summed E-state index contributed by atoms with van der Waals surface area (Å²) in [6.45, 7) is 0.531. The summed E-state index contributed by atoms with van der Waals surface area (Å²) in [5, 5.41) is 14.9. The number of H-pyrrole nitrogens is 1. The highest BCUT2D eigenvalue weighted by atomic mass is 16.5. The van der Waals surface area contributed by atoms with Gasteiger partial charge in [0.25, 0.3) is 0 Å². The number of para-hydroxylation sites is 2. The van der Waals surface area contributed by atoms with Crippen molar-refractivity contribution in [3.63, 3.8) is 0 Å². The van der Waals surface area contributed by atoms with Gasteiger partial charge in [-0.05, 0) is 29.7 Å². The first-order valence-electron chi connectivity index (χ1n) is 13.4. The van der Waals surface area contributed by atoms with Crippen molar-refractivity contribution in [3.8, 4) is 0 Å². The van der Waals surface area contributed by atoms with E-state index in [1.54, 1.807) is 0 Å². The van der Waals surface area contributed by atoms with Crippen LogP contribution in [0.2, 0.25) is 0 Å². The fraction of sp³-hybridized carbons (Fsp3) is 0.345. The number of nitrogens with one attached hydrogen (secondary N) is 6. The Labute approximate surface area is 236 Å². The minimum atomic E-state index is -0.988. The van der Waals surface area contributed by atoms with E-state index in [1.165, 1.54) is 14.0 Å². The number of fused-ring (bicyclic) bond motifs is 7. The Kier molecular flexibility index (Phi) is 7.90. The van der Waals surface area contributed by atoms with Crippen LogP contribution in [-0.2, 0) is 35.1 Å². The van der Waals surface area contributed by atoms with E-state index < -0.39 is 54.8 Å². The molecular weight excluding hydrogens is 528 g/mol. The van der Waals surface area contributed by atoms with Crippen LogP contribution in [0.1, 0.15) is 42.1 Å². The van der Waals surface area contributed by atoms with Gasteiger partial charge in [-0.3, -0.25) is 19.2 Å². The number of aromatic nitrogens is 1. The second-order valence-electron chi connectivity index (χ2n) is 10.2. The topological polar surface area (TPSA) is 171 Å². The van der Waals surface area contributed by atoms with Crippen LogP contribution in [0.5, 0.6) is 0 Å². The van der Waals surface area contributed by atoms with Gasteiger partial charge in [-0.25, -0.2) is 4.79 Å². The molecule has 5 rings (SSSR count). The lowest BCUT2D eigenvalue weighted by Crippen LogP contribution is -2.51. The number of ether oxygens (including phenoxy) is 1. The van der Waals surface area contributed by atoms with Crippen molar-refractivity contribution in [1.29, 1.82) is 0 Å². The first-order chi connectivity index (χ1) is 19.7. The predicted molar refractivity (Wildman–Crippen MR) is 150 cm³/mol. The lowest BCUT2D eigenvalue weighted by Gasteiger charge is -2.26. The van der Waals surface area contributed by atoms with Crippen molar-refractivity contribution in [2.75, 3.05) is 25.5 Å². The molecule has 4 amide bonds. The van der Waals surface area contributed by atoms with Gasteiger partial charge < -0.3 is 36.3 Å². The molecule has 41 heavy (non-hydrogen) atoms. The molecule has 2 aliphatic heterocycles. The van der Waals surface area contributed by atoms with Crippen molar-refractivity contribution in [2.45, 2.75) is 43.8 Å². The molecule has 214 valence electrons. The molecule has 0 fully saturated rings. The van der Waals surface area contributed by atoms with Gasteiger partial charge in [-0.2, -0.15) is 0 Å². The van der Waals surface area contributed by atoms with Gasteiger partial charge >= 0.3 is 5.97 Å². The van der Waals surface area contributed by atoms with Crippen LogP contribution in [-0.4, -0.2) is 66.9 Å². The Morgan fingerprint density at radius 3 is 2.44 bits per heavy atom. The number of hydrogen-bond donors (Lipinski definition) is 6. The van der Waals surface area contributed by atoms with Crippen molar-refractivity contribution >= 4 is 46.2 Å². The number of methoxy groups -OCH3 is 1. The molecule has 0 bridgehead atoms. The lowest BCUT2D eigenvalue weighted by atomic mass is 9.85. The predicted octanol–water partition coefficient (Wildman–Crippen LogP) is 0.759. The first kappa shape index (κ1) is 27.7. The van der Waals surface area contributed by atoms with Gasteiger partial charge in [0.15, 0.2) is 0 Å². The number of anilines is 1. The van der Waals surface area contributed by atoms with Gasteiger partial charge in [0.1, 0.15) is 12.1 Å². The van der Waals surface area contributed by atoms with Crippen molar-refractivity contribution in [3.05, 3.63) is 65.4 Å². The van der Waals surface area contributed by atoms with Crippen LogP contribution in [0.15, 0.2) is 48.5 Å². The smallest absolute Gasteiger partial charge is 0.328 e. The van der Waals surface area contributed by atoms with Crippen LogP contribution in [0, 0.1) is 0 Å². The molecule has 4 atom stereocenters. The van der Waals surface area contributed by atoms with Gasteiger partial charge in [0.05, 0.1) is 26.2 Å². The number of amides is 4. The summed E-state index contributed by atoms with van der Waals surface area (Å²) in [7, 11) is 1.26. The average molecular weight is 561 g/mol. The van der Waals surface area contributed by atoms with E-state index in [0.29, 0.717) is 0 Å². The second-order valence-corrected chi connectivity index (χ2v) is 10.2. The summed E-state index contributed by atoms with van der Waals surface area (Å²) in [6, 6.07) is 13.1. The Hall–Kier alpha value is -4.87. The third kappa shape index (κ3) is 5.86. The monoisotopic (exact) mass is 560 g/mol. The summed E-state index contributed by atoms with van der Waals surface area (Å²) in [4.78, 5) is 66.8. The molecule has 0 spiro atoms. The molecule has 3 aromatic rings. The quantitative estimate of drug-likeness (QED) is 0.251. The Balaban J connectivity index is 1.65. The van der Waals surface area contributed by atoms with E-state index in [9.17, 15) is 24.0 Å². The maximum Gasteiger partial charge on any atom is 0.328 e. The SMILES string of the molecule is COC(=O)[C@@H]1CC2c3ccccc3NC2c2[nH]c3ccccc3c2C[C@H](NC(C)=O)C(=O)NCC(=O)NCC(=O)N1. The van der Waals surface area contributed by atoms with E-state index in [4.69, 9.17) is 4.74 Å². The number of esters is 1. The zero-order chi connectivity index (χ0) is 29.1. The van der Waals surface area contributed by atoms with Gasteiger partial charge in [0, 0.05) is 41.5 Å². The number of carbonyl (C=O) groups is 5. The van der Waals surface area contributed by atoms with Gasteiger partial charge in [0.2, 0.25) is 23.6 Å². The largest absolute Gasteiger partial charge is 0.467 e. The number of carbonyl (C=O) groups excluding carboxylic acids is 5. The van der Waals surface area contributed by atoms with Gasteiger partial charge in [-0.15, -0.1) is 0 Å². The molecule has 6 N–H and O–H groups in total. The third-order valence-corrected chi connectivity index (χ3v) is 7.51. The first-order valence-corrected chi connectivity index (χ1v) is 13.4. The molecule has 0 saturated heterocycles. The molecule has 2 unspecified atom stereocenters. The van der Waals surface area contributed by atoms with E-state index in [1.807, 2.05) is 48.5 Å².